The van der Waals surface area contributed by atoms with Crippen molar-refractivity contribution in [1.82, 2.24) is 0 Å². The van der Waals surface area contributed by atoms with Crippen molar-refractivity contribution in [1.29, 1.82) is 0 Å². The zero-order chi connectivity index (χ0) is 13.0. The van der Waals surface area contributed by atoms with Gasteiger partial charge in [0.15, 0.2) is 0 Å². The SMILES string of the molecule is CC1CCCCC1OCc1ccccc1C(=O)O. The van der Waals surface area contributed by atoms with Gasteiger partial charge in [-0.05, 0) is 30.4 Å². The largest absolute Gasteiger partial charge is 0.478 e. The van der Waals surface area contributed by atoms with Crippen LogP contribution in [0.3, 0.4) is 0 Å². The standard InChI is InChI=1S/C15H20O3/c1-11-6-2-5-9-14(11)18-10-12-7-3-4-8-13(12)15(16)17/h3-4,7-8,11,14H,2,5-6,9-10H2,1H3,(H,16,17). The van der Waals surface area contributed by atoms with Gasteiger partial charge in [0.05, 0.1) is 18.3 Å². The van der Waals surface area contributed by atoms with Gasteiger partial charge in [-0.2, -0.15) is 0 Å². The third-order valence-electron chi connectivity index (χ3n) is 3.73. The molecule has 0 aliphatic heterocycles. The van der Waals surface area contributed by atoms with Crippen LogP contribution in [0.1, 0.15) is 48.5 Å². The molecule has 1 aliphatic rings. The first-order chi connectivity index (χ1) is 8.68. The number of rotatable bonds is 4. The van der Waals surface area contributed by atoms with Crippen LogP contribution in [0.25, 0.3) is 0 Å². The predicted molar refractivity (Wildman–Crippen MR) is 69.6 cm³/mol. The van der Waals surface area contributed by atoms with Crippen molar-refractivity contribution in [2.45, 2.75) is 45.3 Å². The molecule has 98 valence electrons. The highest BCUT2D eigenvalue weighted by molar-refractivity contribution is 5.89. The lowest BCUT2D eigenvalue weighted by Gasteiger charge is -2.28. The molecule has 1 aromatic rings. The average molecular weight is 248 g/mol. The number of ether oxygens (including phenoxy) is 1. The number of carboxylic acid groups (broad SMARTS) is 1. The van der Waals surface area contributed by atoms with Gasteiger partial charge in [0.2, 0.25) is 0 Å². The molecule has 0 amide bonds. The highest BCUT2D eigenvalue weighted by Crippen LogP contribution is 2.27. The van der Waals surface area contributed by atoms with Crippen molar-refractivity contribution in [3.63, 3.8) is 0 Å². The highest BCUT2D eigenvalue weighted by atomic mass is 16.5. The van der Waals surface area contributed by atoms with E-state index in [1.807, 2.05) is 12.1 Å². The molecule has 0 saturated heterocycles. The third-order valence-corrected chi connectivity index (χ3v) is 3.73. The van der Waals surface area contributed by atoms with Gasteiger partial charge in [0, 0.05) is 0 Å². The van der Waals surface area contributed by atoms with Crippen LogP contribution >= 0.6 is 0 Å². The molecule has 0 spiro atoms. The Bertz CT molecular complexity index is 414. The monoisotopic (exact) mass is 248 g/mol. The zero-order valence-corrected chi connectivity index (χ0v) is 10.8. The van der Waals surface area contributed by atoms with Crippen LogP contribution in [0.15, 0.2) is 24.3 Å². The molecule has 0 bridgehead atoms. The van der Waals surface area contributed by atoms with E-state index in [2.05, 4.69) is 6.92 Å². The maximum atomic E-state index is 11.1. The first kappa shape index (κ1) is 13.1. The van der Waals surface area contributed by atoms with E-state index in [4.69, 9.17) is 9.84 Å². The summed E-state index contributed by atoms with van der Waals surface area (Å²) in [4.78, 5) is 11.1. The quantitative estimate of drug-likeness (QED) is 0.887. The van der Waals surface area contributed by atoms with E-state index >= 15 is 0 Å². The van der Waals surface area contributed by atoms with Gasteiger partial charge in [-0.1, -0.05) is 38.0 Å². The van der Waals surface area contributed by atoms with Gasteiger partial charge in [0.25, 0.3) is 0 Å². The van der Waals surface area contributed by atoms with Crippen LogP contribution in [0, 0.1) is 5.92 Å². The van der Waals surface area contributed by atoms with Crippen LogP contribution in [-0.4, -0.2) is 17.2 Å². The van der Waals surface area contributed by atoms with Crippen LogP contribution in [0.4, 0.5) is 0 Å². The Balaban J connectivity index is 1.99. The maximum absolute atomic E-state index is 11.1. The summed E-state index contributed by atoms with van der Waals surface area (Å²) in [5.74, 6) is -0.304. The van der Waals surface area contributed by atoms with Crippen molar-refractivity contribution in [3.8, 4) is 0 Å². The Labute approximate surface area is 108 Å². The summed E-state index contributed by atoms with van der Waals surface area (Å²) in [5, 5.41) is 9.10. The molecule has 18 heavy (non-hydrogen) atoms. The molecule has 3 heteroatoms. The van der Waals surface area contributed by atoms with E-state index in [-0.39, 0.29) is 6.10 Å². The summed E-state index contributed by atoms with van der Waals surface area (Å²) >= 11 is 0. The van der Waals surface area contributed by atoms with E-state index in [9.17, 15) is 4.79 Å². The van der Waals surface area contributed by atoms with Gasteiger partial charge in [-0.25, -0.2) is 4.79 Å². The Kier molecular flexibility index (Phi) is 4.37. The van der Waals surface area contributed by atoms with E-state index < -0.39 is 5.97 Å². The minimum atomic E-state index is -0.883. The van der Waals surface area contributed by atoms with Crippen LogP contribution < -0.4 is 0 Å². The topological polar surface area (TPSA) is 46.5 Å². The average Bonchev–Trinajstić information content (AvgIpc) is 2.38. The number of carboxylic acids is 1. The lowest BCUT2D eigenvalue weighted by Crippen LogP contribution is -2.25. The molecule has 2 atom stereocenters. The second-order valence-electron chi connectivity index (χ2n) is 5.07. The zero-order valence-electron chi connectivity index (χ0n) is 10.8. The highest BCUT2D eigenvalue weighted by Gasteiger charge is 2.22. The Morgan fingerprint density at radius 1 is 1.33 bits per heavy atom. The van der Waals surface area contributed by atoms with Crippen LogP contribution in [0.2, 0.25) is 0 Å². The molecule has 0 heterocycles. The van der Waals surface area contributed by atoms with Gasteiger partial charge in [0.1, 0.15) is 0 Å². The Morgan fingerprint density at radius 2 is 2.06 bits per heavy atom. The van der Waals surface area contributed by atoms with Crippen molar-refractivity contribution < 1.29 is 14.6 Å². The fourth-order valence-electron chi connectivity index (χ4n) is 2.58. The maximum Gasteiger partial charge on any atom is 0.336 e. The summed E-state index contributed by atoms with van der Waals surface area (Å²) in [6.45, 7) is 2.62. The molecule has 0 radical (unpaired) electrons. The van der Waals surface area contributed by atoms with Crippen molar-refractivity contribution >= 4 is 5.97 Å². The lowest BCUT2D eigenvalue weighted by atomic mass is 9.88. The molecule has 1 aliphatic carbocycles. The molecule has 1 aromatic carbocycles. The van der Waals surface area contributed by atoms with E-state index in [1.165, 1.54) is 19.3 Å². The summed E-state index contributed by atoms with van der Waals surface area (Å²) < 4.78 is 5.91. The van der Waals surface area contributed by atoms with Crippen molar-refractivity contribution in [2.75, 3.05) is 0 Å². The second kappa shape index (κ2) is 6.01. The van der Waals surface area contributed by atoms with Crippen LogP contribution in [-0.2, 0) is 11.3 Å². The predicted octanol–water partition coefficient (Wildman–Crippen LogP) is 3.48. The summed E-state index contributed by atoms with van der Waals surface area (Å²) in [5.41, 5.74) is 1.11. The van der Waals surface area contributed by atoms with Crippen LogP contribution in [0.5, 0.6) is 0 Å². The second-order valence-corrected chi connectivity index (χ2v) is 5.07. The van der Waals surface area contributed by atoms with Gasteiger partial charge < -0.3 is 9.84 Å². The fourth-order valence-corrected chi connectivity index (χ4v) is 2.58. The molecule has 1 saturated carbocycles. The minimum Gasteiger partial charge on any atom is -0.478 e. The first-order valence-corrected chi connectivity index (χ1v) is 6.61. The van der Waals surface area contributed by atoms with Gasteiger partial charge >= 0.3 is 5.97 Å². The molecular formula is C15H20O3. The summed E-state index contributed by atoms with van der Waals surface area (Å²) in [7, 11) is 0. The summed E-state index contributed by atoms with van der Waals surface area (Å²) in [6, 6.07) is 7.06. The lowest BCUT2D eigenvalue weighted by molar-refractivity contribution is -0.0158. The van der Waals surface area contributed by atoms with E-state index in [0.717, 1.165) is 12.0 Å². The normalized spacial score (nSPS) is 23.8. The molecular weight excluding hydrogens is 228 g/mol. The first-order valence-electron chi connectivity index (χ1n) is 6.61. The molecule has 1 N–H and O–H groups in total. The molecule has 2 rings (SSSR count). The molecule has 0 aromatic heterocycles. The Morgan fingerprint density at radius 3 is 2.78 bits per heavy atom. The number of hydrogen-bond acceptors (Lipinski definition) is 2. The number of aromatic carboxylic acids is 1. The van der Waals surface area contributed by atoms with Crippen molar-refractivity contribution in [3.05, 3.63) is 35.4 Å². The number of benzene rings is 1. The van der Waals surface area contributed by atoms with Crippen molar-refractivity contribution in [2.24, 2.45) is 5.92 Å². The molecule has 2 unspecified atom stereocenters. The van der Waals surface area contributed by atoms with Gasteiger partial charge in [-0.15, -0.1) is 0 Å². The van der Waals surface area contributed by atoms with E-state index in [1.54, 1.807) is 12.1 Å². The Hall–Kier alpha value is -1.35. The molecule has 1 fully saturated rings. The fraction of sp³-hybridized carbons (Fsp3) is 0.533. The smallest absolute Gasteiger partial charge is 0.336 e. The number of hydrogen-bond donors (Lipinski definition) is 1. The molecule has 3 nitrogen and oxygen atoms in total. The van der Waals surface area contributed by atoms with Gasteiger partial charge in [-0.3, -0.25) is 0 Å². The summed E-state index contributed by atoms with van der Waals surface area (Å²) in [6.07, 6.45) is 5.09. The number of carbonyl (C=O) groups is 1. The minimum absolute atomic E-state index is 0.278. The third kappa shape index (κ3) is 3.10. The van der Waals surface area contributed by atoms with E-state index in [0.29, 0.717) is 18.1 Å².